The van der Waals surface area contributed by atoms with Gasteiger partial charge in [0.2, 0.25) is 0 Å². The van der Waals surface area contributed by atoms with E-state index in [0.717, 1.165) is 0 Å². The number of amides is 1. The van der Waals surface area contributed by atoms with E-state index in [2.05, 4.69) is 28.5 Å². The first-order chi connectivity index (χ1) is 10.5. The number of nitrogens with one attached hydrogen (secondary N) is 3. The average molecular weight is 334 g/mol. The molecule has 2 rings (SSSR count). The van der Waals surface area contributed by atoms with Gasteiger partial charge in [0, 0.05) is 11.3 Å². The Balaban J connectivity index is 2.02. The lowest BCUT2D eigenvalue weighted by molar-refractivity contribution is 0.0945. The molecular weight excluding hydrogens is 322 g/mol. The molecule has 0 bridgehead atoms. The Morgan fingerprint density at radius 2 is 1.64 bits per heavy atom. The summed E-state index contributed by atoms with van der Waals surface area (Å²) >= 11 is 4.53. The number of thiocarbonyl (C=S) groups is 1. The SMILES string of the molecule is O=C(NNS(=O)(=O)c1ccccc1)c1ccc(N[C]=S)cc1. The van der Waals surface area contributed by atoms with Gasteiger partial charge in [-0.3, -0.25) is 10.2 Å². The Kier molecular flexibility index (Phi) is 5.21. The van der Waals surface area contributed by atoms with E-state index < -0.39 is 15.9 Å². The van der Waals surface area contributed by atoms with E-state index in [0.29, 0.717) is 11.3 Å². The van der Waals surface area contributed by atoms with Crippen LogP contribution >= 0.6 is 12.2 Å². The van der Waals surface area contributed by atoms with Gasteiger partial charge >= 0.3 is 0 Å². The summed E-state index contributed by atoms with van der Waals surface area (Å²) in [6.45, 7) is 0. The van der Waals surface area contributed by atoms with Gasteiger partial charge in [-0.25, -0.2) is 8.42 Å². The molecule has 0 aromatic heterocycles. The van der Waals surface area contributed by atoms with Crippen LogP contribution in [0.1, 0.15) is 10.4 Å². The van der Waals surface area contributed by atoms with Gasteiger partial charge in [0.1, 0.15) is 5.49 Å². The standard InChI is InChI=1S/C14H12N3O3S2/c18-14(11-6-8-12(9-7-11)15-10-21)16-17-22(19,20)13-4-2-1-3-5-13/h1-9,17H,(H,15,21)(H,16,18). The van der Waals surface area contributed by atoms with Crippen molar-refractivity contribution in [1.82, 2.24) is 10.3 Å². The summed E-state index contributed by atoms with van der Waals surface area (Å²) in [5.41, 5.74) is 5.47. The topological polar surface area (TPSA) is 87.3 Å². The van der Waals surface area contributed by atoms with Crippen molar-refractivity contribution >= 4 is 39.3 Å². The van der Waals surface area contributed by atoms with Gasteiger partial charge in [0.05, 0.1) is 4.90 Å². The molecule has 0 aliphatic rings. The molecule has 0 fully saturated rings. The summed E-state index contributed by atoms with van der Waals surface area (Å²) in [5, 5.41) is 2.67. The van der Waals surface area contributed by atoms with Crippen LogP contribution in [0.3, 0.4) is 0 Å². The minimum atomic E-state index is -3.80. The van der Waals surface area contributed by atoms with Crippen LogP contribution in [-0.4, -0.2) is 19.8 Å². The molecule has 113 valence electrons. The molecular formula is C14H12N3O3S2. The number of carbonyl (C=O) groups is 1. The highest BCUT2D eigenvalue weighted by Gasteiger charge is 2.14. The molecule has 2 aromatic carbocycles. The smallest absolute Gasteiger partial charge is 0.266 e. The Morgan fingerprint density at radius 3 is 2.23 bits per heavy atom. The lowest BCUT2D eigenvalue weighted by Gasteiger charge is -2.08. The zero-order chi connectivity index (χ0) is 16.0. The van der Waals surface area contributed by atoms with Crippen molar-refractivity contribution in [2.45, 2.75) is 4.90 Å². The lowest BCUT2D eigenvalue weighted by atomic mass is 10.2. The summed E-state index contributed by atoms with van der Waals surface area (Å²) in [4.78, 5) is 14.0. The maximum absolute atomic E-state index is 12.0. The third kappa shape index (κ3) is 4.10. The Bertz CT molecular complexity index is 760. The second kappa shape index (κ2) is 7.12. The van der Waals surface area contributed by atoms with Gasteiger partial charge in [-0.2, -0.15) is 0 Å². The molecule has 1 amide bonds. The Labute approximate surface area is 133 Å². The summed E-state index contributed by atoms with van der Waals surface area (Å²) in [7, 11) is -3.80. The van der Waals surface area contributed by atoms with Crippen LogP contribution < -0.4 is 15.6 Å². The fraction of sp³-hybridized carbons (Fsp3) is 0. The van der Waals surface area contributed by atoms with Crippen molar-refractivity contribution in [3.63, 3.8) is 0 Å². The minimum Gasteiger partial charge on any atom is -0.344 e. The summed E-state index contributed by atoms with van der Waals surface area (Å²) in [6.07, 6.45) is 0. The van der Waals surface area contributed by atoms with E-state index in [1.807, 2.05) is 4.83 Å². The van der Waals surface area contributed by atoms with E-state index in [4.69, 9.17) is 0 Å². The van der Waals surface area contributed by atoms with Crippen molar-refractivity contribution in [3.05, 3.63) is 60.2 Å². The van der Waals surface area contributed by atoms with Crippen LogP contribution in [0.4, 0.5) is 5.69 Å². The summed E-state index contributed by atoms with van der Waals surface area (Å²) < 4.78 is 23.9. The number of hydrogen-bond donors (Lipinski definition) is 3. The number of hydrogen-bond acceptors (Lipinski definition) is 4. The van der Waals surface area contributed by atoms with Crippen LogP contribution in [-0.2, 0) is 10.0 Å². The predicted molar refractivity (Wildman–Crippen MR) is 86.9 cm³/mol. The normalized spacial score (nSPS) is 10.7. The predicted octanol–water partition coefficient (Wildman–Crippen LogP) is 1.56. The molecule has 6 nitrogen and oxygen atoms in total. The zero-order valence-corrected chi connectivity index (χ0v) is 12.9. The summed E-state index contributed by atoms with van der Waals surface area (Å²) in [6, 6.07) is 14.0. The first-order valence-corrected chi connectivity index (χ1v) is 8.02. The Hall–Kier alpha value is -2.29. The van der Waals surface area contributed by atoms with Gasteiger partial charge in [-0.15, -0.1) is 4.83 Å². The quantitative estimate of drug-likeness (QED) is 0.424. The molecule has 8 heteroatoms. The van der Waals surface area contributed by atoms with Gasteiger partial charge in [0.25, 0.3) is 15.9 Å². The molecule has 0 atom stereocenters. The van der Waals surface area contributed by atoms with E-state index >= 15 is 0 Å². The lowest BCUT2D eigenvalue weighted by Crippen LogP contribution is -2.41. The number of anilines is 1. The van der Waals surface area contributed by atoms with Gasteiger partial charge in [-0.1, -0.05) is 30.4 Å². The third-order valence-electron chi connectivity index (χ3n) is 2.69. The fourth-order valence-electron chi connectivity index (χ4n) is 1.61. The average Bonchev–Trinajstić information content (AvgIpc) is 2.54. The van der Waals surface area contributed by atoms with Crippen LogP contribution in [0.2, 0.25) is 0 Å². The Morgan fingerprint density at radius 1 is 1.00 bits per heavy atom. The third-order valence-corrected chi connectivity index (χ3v) is 4.06. The number of rotatable bonds is 6. The molecule has 0 heterocycles. The molecule has 0 saturated heterocycles. The molecule has 0 aliphatic carbocycles. The zero-order valence-electron chi connectivity index (χ0n) is 11.2. The number of sulfonamides is 1. The highest BCUT2D eigenvalue weighted by molar-refractivity contribution is 7.89. The molecule has 1 radical (unpaired) electrons. The van der Waals surface area contributed by atoms with Crippen LogP contribution in [0.15, 0.2) is 59.5 Å². The van der Waals surface area contributed by atoms with E-state index in [-0.39, 0.29) is 4.90 Å². The first-order valence-electron chi connectivity index (χ1n) is 6.13. The first kappa shape index (κ1) is 16.1. The van der Waals surface area contributed by atoms with E-state index in [1.165, 1.54) is 24.3 Å². The van der Waals surface area contributed by atoms with Crippen LogP contribution in [0.25, 0.3) is 0 Å². The second-order valence-electron chi connectivity index (χ2n) is 4.18. The number of benzene rings is 2. The van der Waals surface area contributed by atoms with Crippen molar-refractivity contribution in [3.8, 4) is 0 Å². The number of carbonyl (C=O) groups excluding carboxylic acids is 1. The van der Waals surface area contributed by atoms with E-state index in [9.17, 15) is 13.2 Å². The second-order valence-corrected chi connectivity index (χ2v) is 6.06. The monoisotopic (exact) mass is 334 g/mol. The molecule has 0 aliphatic heterocycles. The van der Waals surface area contributed by atoms with Gasteiger partial charge in [-0.05, 0) is 36.4 Å². The summed E-state index contributed by atoms with van der Waals surface area (Å²) in [5.74, 6) is -0.572. The van der Waals surface area contributed by atoms with Crippen molar-refractivity contribution < 1.29 is 13.2 Å². The van der Waals surface area contributed by atoms with Crippen LogP contribution in [0, 0.1) is 0 Å². The van der Waals surface area contributed by atoms with Gasteiger partial charge in [0.15, 0.2) is 0 Å². The molecule has 0 saturated carbocycles. The highest BCUT2D eigenvalue weighted by Crippen LogP contribution is 2.09. The molecule has 2 aromatic rings. The molecule has 22 heavy (non-hydrogen) atoms. The highest BCUT2D eigenvalue weighted by atomic mass is 32.2. The maximum atomic E-state index is 12.0. The molecule has 0 unspecified atom stereocenters. The van der Waals surface area contributed by atoms with Crippen molar-refractivity contribution in [2.75, 3.05) is 5.32 Å². The molecule has 3 N–H and O–H groups in total. The van der Waals surface area contributed by atoms with Crippen LogP contribution in [0.5, 0.6) is 0 Å². The van der Waals surface area contributed by atoms with Crippen molar-refractivity contribution in [1.29, 1.82) is 0 Å². The minimum absolute atomic E-state index is 0.0615. The largest absolute Gasteiger partial charge is 0.344 e. The van der Waals surface area contributed by atoms with Crippen molar-refractivity contribution in [2.24, 2.45) is 0 Å². The number of hydrazine groups is 1. The molecule has 0 spiro atoms. The fourth-order valence-corrected chi connectivity index (χ4v) is 2.59. The van der Waals surface area contributed by atoms with E-state index in [1.54, 1.807) is 30.3 Å². The maximum Gasteiger partial charge on any atom is 0.266 e. The van der Waals surface area contributed by atoms with Gasteiger partial charge < -0.3 is 5.32 Å².